The van der Waals surface area contributed by atoms with Crippen molar-refractivity contribution >= 4 is 11.6 Å². The largest absolute Gasteiger partial charge is 0.329 e. The Bertz CT molecular complexity index is 700. The summed E-state index contributed by atoms with van der Waals surface area (Å²) < 4.78 is 2.70. The first-order valence-corrected chi connectivity index (χ1v) is 6.26. The molecule has 2 heterocycles. The van der Waals surface area contributed by atoms with Crippen LogP contribution >= 0.6 is 11.6 Å². The van der Waals surface area contributed by atoms with Crippen LogP contribution in [0.1, 0.15) is 18.3 Å². The smallest absolute Gasteiger partial charge is 0.297 e. The van der Waals surface area contributed by atoms with Crippen LogP contribution in [0.3, 0.4) is 0 Å². The number of aryl methyl sites for hydroxylation is 2. The Morgan fingerprint density at radius 2 is 2.16 bits per heavy atom. The lowest BCUT2D eigenvalue weighted by Crippen LogP contribution is -2.37. The highest BCUT2D eigenvalue weighted by Crippen LogP contribution is 2.05. The maximum Gasteiger partial charge on any atom is 0.329 e. The summed E-state index contributed by atoms with van der Waals surface area (Å²) in [6, 6.07) is 0. The number of aromatic amines is 1. The molecule has 7 nitrogen and oxygen atoms in total. The molecule has 2 aromatic rings. The number of nitrogens with one attached hydrogen (secondary N) is 1. The Balaban J connectivity index is 2.30. The summed E-state index contributed by atoms with van der Waals surface area (Å²) in [7, 11) is 1.76. The molecule has 0 aliphatic rings. The normalized spacial score (nSPS) is 10.9. The number of halogens is 1. The molecule has 0 unspecified atom stereocenters. The number of nitrogens with zero attached hydrogens (tertiary/aromatic N) is 4. The average Bonchev–Trinajstić information content (AvgIpc) is 2.75. The molecule has 0 radical (unpaired) electrons. The van der Waals surface area contributed by atoms with Crippen LogP contribution < -0.4 is 11.2 Å². The van der Waals surface area contributed by atoms with Crippen LogP contribution in [0.15, 0.2) is 15.9 Å². The molecule has 0 amide bonds. The van der Waals surface area contributed by atoms with E-state index in [1.165, 1.54) is 0 Å². The van der Waals surface area contributed by atoms with Gasteiger partial charge >= 0.3 is 5.69 Å². The number of H-pyrrole nitrogens is 1. The second kappa shape index (κ2) is 5.40. The maximum atomic E-state index is 12.1. The minimum absolute atomic E-state index is 0.115. The highest BCUT2D eigenvalue weighted by molar-refractivity contribution is 6.30. The van der Waals surface area contributed by atoms with Crippen molar-refractivity contribution in [2.75, 3.05) is 0 Å². The number of hydrogen-bond donors (Lipinski definition) is 1. The molecule has 0 atom stereocenters. The van der Waals surface area contributed by atoms with Gasteiger partial charge in [0.05, 0.1) is 5.56 Å². The van der Waals surface area contributed by atoms with Crippen LogP contribution in [-0.2, 0) is 26.4 Å². The molecule has 8 heteroatoms. The lowest BCUT2D eigenvalue weighted by molar-refractivity contribution is 0.601. The molecular weight excluding hydrogens is 270 g/mol. The predicted molar refractivity (Wildman–Crippen MR) is 70.4 cm³/mol. The van der Waals surface area contributed by atoms with Gasteiger partial charge in [-0.3, -0.25) is 19.0 Å². The van der Waals surface area contributed by atoms with E-state index in [0.717, 1.165) is 4.57 Å². The topological polar surface area (TPSA) is 85.6 Å². The van der Waals surface area contributed by atoms with E-state index < -0.39 is 5.69 Å². The second-order valence-electron chi connectivity index (χ2n) is 4.12. The van der Waals surface area contributed by atoms with Gasteiger partial charge in [-0.1, -0.05) is 18.5 Å². The van der Waals surface area contributed by atoms with Crippen molar-refractivity contribution in [2.24, 2.45) is 7.05 Å². The molecule has 2 rings (SSSR count). The second-order valence-corrected chi connectivity index (χ2v) is 4.50. The van der Waals surface area contributed by atoms with E-state index in [1.54, 1.807) is 18.1 Å². The zero-order valence-corrected chi connectivity index (χ0v) is 11.4. The molecule has 0 aliphatic heterocycles. The summed E-state index contributed by atoms with van der Waals surface area (Å²) in [5.41, 5.74) is -0.453. The van der Waals surface area contributed by atoms with Crippen molar-refractivity contribution in [2.45, 2.75) is 26.3 Å². The zero-order chi connectivity index (χ0) is 14.0. The average molecular weight is 284 g/mol. The van der Waals surface area contributed by atoms with Crippen LogP contribution in [0, 0.1) is 0 Å². The molecule has 0 aliphatic carbocycles. The van der Waals surface area contributed by atoms with E-state index >= 15 is 0 Å². The van der Waals surface area contributed by atoms with E-state index in [1.807, 2.05) is 6.92 Å². The van der Waals surface area contributed by atoms with Crippen molar-refractivity contribution in [3.05, 3.63) is 43.7 Å². The molecule has 0 saturated heterocycles. The van der Waals surface area contributed by atoms with Gasteiger partial charge < -0.3 is 0 Å². The fourth-order valence-corrected chi connectivity index (χ4v) is 2.10. The molecular formula is C11H14ClN5O2. The standard InChI is InChI=1S/C11H14ClN5O2/c1-3-7-9(12)14-11(19)17(10(7)18)5-4-8-13-6-16(2)15-8/h6H,3-5H2,1-2H3,(H,14,19). The monoisotopic (exact) mass is 283 g/mol. The summed E-state index contributed by atoms with van der Waals surface area (Å²) in [6.45, 7) is 2.04. The SMILES string of the molecule is CCc1c(Cl)[nH]c(=O)n(CCc2ncn(C)n2)c1=O. The Labute approximate surface area is 113 Å². The minimum Gasteiger partial charge on any atom is -0.297 e. The van der Waals surface area contributed by atoms with Gasteiger partial charge in [0.2, 0.25) is 0 Å². The summed E-state index contributed by atoms with van der Waals surface area (Å²) in [6.07, 6.45) is 2.45. The van der Waals surface area contributed by atoms with Gasteiger partial charge in [0, 0.05) is 20.0 Å². The Hall–Kier alpha value is -1.89. The Morgan fingerprint density at radius 1 is 1.42 bits per heavy atom. The molecule has 1 N–H and O–H groups in total. The number of aromatic nitrogens is 5. The van der Waals surface area contributed by atoms with Gasteiger partial charge in [-0.15, -0.1) is 0 Å². The third kappa shape index (κ3) is 2.76. The lowest BCUT2D eigenvalue weighted by Gasteiger charge is -2.06. The molecule has 102 valence electrons. The fourth-order valence-electron chi connectivity index (χ4n) is 1.81. The van der Waals surface area contributed by atoms with Crippen molar-refractivity contribution < 1.29 is 0 Å². The van der Waals surface area contributed by atoms with Crippen LogP contribution in [0.4, 0.5) is 0 Å². The van der Waals surface area contributed by atoms with Gasteiger partial charge in [-0.25, -0.2) is 9.78 Å². The van der Waals surface area contributed by atoms with Crippen molar-refractivity contribution in [1.29, 1.82) is 0 Å². The molecule has 0 aromatic carbocycles. The third-order valence-electron chi connectivity index (χ3n) is 2.79. The van der Waals surface area contributed by atoms with E-state index in [2.05, 4.69) is 15.1 Å². The van der Waals surface area contributed by atoms with Crippen LogP contribution in [0.2, 0.25) is 5.15 Å². The summed E-state index contributed by atoms with van der Waals surface area (Å²) >= 11 is 5.83. The van der Waals surface area contributed by atoms with Gasteiger partial charge in [0.25, 0.3) is 5.56 Å². The van der Waals surface area contributed by atoms with E-state index in [0.29, 0.717) is 24.2 Å². The molecule has 19 heavy (non-hydrogen) atoms. The van der Waals surface area contributed by atoms with Crippen molar-refractivity contribution in [3.8, 4) is 0 Å². The summed E-state index contributed by atoms with van der Waals surface area (Å²) in [4.78, 5) is 30.3. The van der Waals surface area contributed by atoms with E-state index in [9.17, 15) is 9.59 Å². The van der Waals surface area contributed by atoms with Gasteiger partial charge in [-0.2, -0.15) is 5.10 Å². The lowest BCUT2D eigenvalue weighted by atomic mass is 10.2. The van der Waals surface area contributed by atoms with E-state index in [-0.39, 0.29) is 17.3 Å². The highest BCUT2D eigenvalue weighted by atomic mass is 35.5. The van der Waals surface area contributed by atoms with Crippen LogP contribution in [0.25, 0.3) is 0 Å². The molecule has 0 fully saturated rings. The number of hydrogen-bond acceptors (Lipinski definition) is 4. The maximum absolute atomic E-state index is 12.1. The van der Waals surface area contributed by atoms with Crippen molar-refractivity contribution in [3.63, 3.8) is 0 Å². The summed E-state index contributed by atoms with van der Waals surface area (Å²) in [5, 5.41) is 4.21. The first kappa shape index (κ1) is 13.5. The van der Waals surface area contributed by atoms with Crippen LogP contribution in [-0.4, -0.2) is 24.3 Å². The molecule has 0 bridgehead atoms. The van der Waals surface area contributed by atoms with Crippen molar-refractivity contribution in [1.82, 2.24) is 24.3 Å². The van der Waals surface area contributed by atoms with Gasteiger partial charge in [0.15, 0.2) is 5.82 Å². The highest BCUT2D eigenvalue weighted by Gasteiger charge is 2.11. The quantitative estimate of drug-likeness (QED) is 0.808. The molecule has 0 spiro atoms. The van der Waals surface area contributed by atoms with Crippen LogP contribution in [0.5, 0.6) is 0 Å². The molecule has 2 aromatic heterocycles. The number of rotatable bonds is 4. The Kier molecular flexibility index (Phi) is 3.84. The Morgan fingerprint density at radius 3 is 2.74 bits per heavy atom. The predicted octanol–water partition coefficient (Wildman–Crippen LogP) is 0.124. The zero-order valence-electron chi connectivity index (χ0n) is 10.7. The first-order valence-electron chi connectivity index (χ1n) is 5.89. The molecule has 0 saturated carbocycles. The van der Waals surface area contributed by atoms with Gasteiger partial charge in [-0.05, 0) is 6.42 Å². The third-order valence-corrected chi connectivity index (χ3v) is 3.11. The fraction of sp³-hybridized carbons (Fsp3) is 0.455. The minimum atomic E-state index is -0.511. The van der Waals surface area contributed by atoms with Gasteiger partial charge in [0.1, 0.15) is 11.5 Å². The van der Waals surface area contributed by atoms with E-state index in [4.69, 9.17) is 11.6 Å². The first-order chi connectivity index (χ1) is 9.02. The summed E-state index contributed by atoms with van der Waals surface area (Å²) in [5.74, 6) is 0.585.